The van der Waals surface area contributed by atoms with Crippen molar-refractivity contribution in [1.29, 1.82) is 0 Å². The number of nitrogens with two attached hydrogens (primary N) is 1. The summed E-state index contributed by atoms with van der Waals surface area (Å²) in [5, 5.41) is 2.88. The Balaban J connectivity index is 2.17. The molecule has 1 amide bonds. The van der Waals surface area contributed by atoms with Crippen molar-refractivity contribution in [2.75, 3.05) is 13.2 Å². The van der Waals surface area contributed by atoms with Crippen LogP contribution in [0.2, 0.25) is 0 Å². The summed E-state index contributed by atoms with van der Waals surface area (Å²) in [4.78, 5) is 11.1. The first kappa shape index (κ1) is 10.1. The third-order valence-electron chi connectivity index (χ3n) is 2.44. The van der Waals surface area contributed by atoms with E-state index >= 15 is 0 Å². The van der Waals surface area contributed by atoms with Crippen molar-refractivity contribution in [2.45, 2.75) is 12.6 Å². The normalized spacial score (nSPS) is 21.1. The molecule has 0 saturated carbocycles. The van der Waals surface area contributed by atoms with Gasteiger partial charge in [0.15, 0.2) is 0 Å². The van der Waals surface area contributed by atoms with Crippen molar-refractivity contribution < 1.29 is 9.53 Å². The predicted molar refractivity (Wildman–Crippen MR) is 56.0 cm³/mol. The number of ether oxygens (including phenoxy) is 1. The Morgan fingerprint density at radius 3 is 3.13 bits per heavy atom. The third kappa shape index (κ3) is 2.34. The molecule has 3 N–H and O–H groups in total. The molecule has 4 nitrogen and oxygen atoms in total. The van der Waals surface area contributed by atoms with Crippen LogP contribution in [0.3, 0.4) is 0 Å². The number of rotatable bonds is 2. The highest BCUT2D eigenvalue weighted by Gasteiger charge is 2.19. The molecule has 0 aromatic heterocycles. The Hall–Kier alpha value is -1.39. The lowest BCUT2D eigenvalue weighted by Crippen LogP contribution is -2.39. The van der Waals surface area contributed by atoms with Gasteiger partial charge in [0, 0.05) is 6.54 Å². The Morgan fingerprint density at radius 2 is 2.40 bits per heavy atom. The molecule has 2 rings (SSSR count). The van der Waals surface area contributed by atoms with Crippen molar-refractivity contribution in [1.82, 2.24) is 5.32 Å². The Kier molecular flexibility index (Phi) is 2.99. The van der Waals surface area contributed by atoms with E-state index in [-0.39, 0.29) is 18.6 Å². The monoisotopic (exact) mass is 206 g/mol. The van der Waals surface area contributed by atoms with E-state index in [1.165, 1.54) is 0 Å². The largest absolute Gasteiger partial charge is 0.369 e. The maximum absolute atomic E-state index is 11.1. The summed E-state index contributed by atoms with van der Waals surface area (Å²) in [7, 11) is 0. The number of morpholine rings is 1. The number of amides is 1. The molecule has 1 aromatic carbocycles. The van der Waals surface area contributed by atoms with Crippen molar-refractivity contribution in [3.05, 3.63) is 35.4 Å². The van der Waals surface area contributed by atoms with Gasteiger partial charge < -0.3 is 15.8 Å². The molecule has 0 aliphatic carbocycles. The molecule has 1 heterocycles. The lowest BCUT2D eigenvalue weighted by molar-refractivity contribution is -0.131. The van der Waals surface area contributed by atoms with Crippen LogP contribution in [-0.2, 0) is 16.1 Å². The number of benzene rings is 1. The van der Waals surface area contributed by atoms with Crippen molar-refractivity contribution >= 4 is 5.91 Å². The average molecular weight is 206 g/mol. The SMILES string of the molecule is NCc1cccc(C2COCC(=O)N2)c1. The summed E-state index contributed by atoms with van der Waals surface area (Å²) in [6.07, 6.45) is 0. The fourth-order valence-corrected chi connectivity index (χ4v) is 1.66. The van der Waals surface area contributed by atoms with E-state index in [1.54, 1.807) is 0 Å². The van der Waals surface area contributed by atoms with Gasteiger partial charge in [-0.1, -0.05) is 24.3 Å². The highest BCUT2D eigenvalue weighted by molar-refractivity contribution is 5.78. The van der Waals surface area contributed by atoms with Crippen molar-refractivity contribution in [3.63, 3.8) is 0 Å². The van der Waals surface area contributed by atoms with Gasteiger partial charge in [0.25, 0.3) is 0 Å². The van der Waals surface area contributed by atoms with E-state index < -0.39 is 0 Å². The van der Waals surface area contributed by atoms with E-state index in [0.717, 1.165) is 11.1 Å². The molecule has 0 radical (unpaired) electrons. The second-order valence-corrected chi connectivity index (χ2v) is 3.58. The quantitative estimate of drug-likeness (QED) is 0.733. The Bertz CT molecular complexity index is 365. The second-order valence-electron chi connectivity index (χ2n) is 3.58. The maximum atomic E-state index is 11.1. The number of carbonyl (C=O) groups is 1. The van der Waals surface area contributed by atoms with Gasteiger partial charge >= 0.3 is 0 Å². The zero-order chi connectivity index (χ0) is 10.7. The lowest BCUT2D eigenvalue weighted by atomic mass is 10.0. The van der Waals surface area contributed by atoms with E-state index in [2.05, 4.69) is 5.32 Å². The van der Waals surface area contributed by atoms with Crippen molar-refractivity contribution in [2.24, 2.45) is 5.73 Å². The highest BCUT2D eigenvalue weighted by atomic mass is 16.5. The van der Waals surface area contributed by atoms with Crippen LogP contribution in [0.25, 0.3) is 0 Å². The van der Waals surface area contributed by atoms with Crippen LogP contribution in [0.15, 0.2) is 24.3 Å². The Morgan fingerprint density at radius 1 is 1.53 bits per heavy atom. The molecule has 1 aromatic rings. The van der Waals surface area contributed by atoms with Gasteiger partial charge in [-0.2, -0.15) is 0 Å². The predicted octanol–water partition coefficient (Wildman–Crippen LogP) is 0.333. The molecule has 1 fully saturated rings. The molecule has 1 aliphatic rings. The fourth-order valence-electron chi connectivity index (χ4n) is 1.66. The average Bonchev–Trinajstić information content (AvgIpc) is 2.29. The van der Waals surface area contributed by atoms with Gasteiger partial charge in [-0.15, -0.1) is 0 Å². The van der Waals surface area contributed by atoms with E-state index in [0.29, 0.717) is 13.2 Å². The Labute approximate surface area is 88.4 Å². The van der Waals surface area contributed by atoms with Crippen LogP contribution in [0.4, 0.5) is 0 Å². The molecule has 1 unspecified atom stereocenters. The molecule has 1 aliphatic heterocycles. The highest BCUT2D eigenvalue weighted by Crippen LogP contribution is 2.17. The van der Waals surface area contributed by atoms with Crippen LogP contribution in [-0.4, -0.2) is 19.1 Å². The smallest absolute Gasteiger partial charge is 0.246 e. The van der Waals surface area contributed by atoms with Crippen LogP contribution >= 0.6 is 0 Å². The lowest BCUT2D eigenvalue weighted by Gasteiger charge is -2.24. The molecule has 80 valence electrons. The van der Waals surface area contributed by atoms with Crippen LogP contribution in [0, 0.1) is 0 Å². The number of nitrogens with one attached hydrogen (secondary N) is 1. The third-order valence-corrected chi connectivity index (χ3v) is 2.44. The van der Waals surface area contributed by atoms with E-state index in [1.807, 2.05) is 24.3 Å². The summed E-state index contributed by atoms with van der Waals surface area (Å²) in [6.45, 7) is 1.20. The first-order chi connectivity index (χ1) is 7.29. The molecule has 0 bridgehead atoms. The minimum atomic E-state index is -0.0654. The number of carbonyl (C=O) groups excluding carboxylic acids is 1. The van der Waals surface area contributed by atoms with Gasteiger partial charge in [0.05, 0.1) is 12.6 Å². The van der Waals surface area contributed by atoms with Crippen molar-refractivity contribution in [3.8, 4) is 0 Å². The summed E-state index contributed by atoms with van der Waals surface area (Å²) in [5.74, 6) is -0.0654. The molecule has 1 saturated heterocycles. The zero-order valence-electron chi connectivity index (χ0n) is 8.40. The van der Waals surface area contributed by atoms with Gasteiger partial charge in [0.1, 0.15) is 6.61 Å². The van der Waals surface area contributed by atoms with Crippen LogP contribution in [0.5, 0.6) is 0 Å². The maximum Gasteiger partial charge on any atom is 0.246 e. The van der Waals surface area contributed by atoms with Gasteiger partial charge in [-0.25, -0.2) is 0 Å². The molecule has 1 atom stereocenters. The standard InChI is InChI=1S/C11H14N2O2/c12-5-8-2-1-3-9(4-8)10-6-15-7-11(14)13-10/h1-4,10H,5-7,12H2,(H,13,14). The molecule has 15 heavy (non-hydrogen) atoms. The minimum absolute atomic E-state index is 0.0438. The first-order valence-corrected chi connectivity index (χ1v) is 4.95. The second kappa shape index (κ2) is 4.42. The first-order valence-electron chi connectivity index (χ1n) is 4.95. The van der Waals surface area contributed by atoms with E-state index in [4.69, 9.17) is 10.5 Å². The fraction of sp³-hybridized carbons (Fsp3) is 0.364. The molecule has 0 spiro atoms. The van der Waals surface area contributed by atoms with Gasteiger partial charge in [-0.3, -0.25) is 4.79 Å². The molecule has 4 heteroatoms. The van der Waals surface area contributed by atoms with Crippen LogP contribution < -0.4 is 11.1 Å². The topological polar surface area (TPSA) is 64.3 Å². The van der Waals surface area contributed by atoms with Gasteiger partial charge in [0.2, 0.25) is 5.91 Å². The van der Waals surface area contributed by atoms with Crippen LogP contribution in [0.1, 0.15) is 17.2 Å². The summed E-state index contributed by atoms with van der Waals surface area (Å²) in [5.41, 5.74) is 7.67. The summed E-state index contributed by atoms with van der Waals surface area (Å²) < 4.78 is 5.18. The number of hydrogen-bond acceptors (Lipinski definition) is 3. The molecular formula is C11H14N2O2. The number of hydrogen-bond donors (Lipinski definition) is 2. The van der Waals surface area contributed by atoms with E-state index in [9.17, 15) is 4.79 Å². The minimum Gasteiger partial charge on any atom is -0.369 e. The summed E-state index contributed by atoms with van der Waals surface area (Å²) >= 11 is 0. The zero-order valence-corrected chi connectivity index (χ0v) is 8.40. The summed E-state index contributed by atoms with van der Waals surface area (Å²) in [6, 6.07) is 7.84. The molecular weight excluding hydrogens is 192 g/mol. The van der Waals surface area contributed by atoms with Gasteiger partial charge in [-0.05, 0) is 11.1 Å².